The van der Waals surface area contributed by atoms with Gasteiger partial charge in [0.25, 0.3) is 0 Å². The number of Topliss-reactive ketones (excluding diaryl/α,β-unsaturated/α-hetero) is 1. The van der Waals surface area contributed by atoms with Crippen LogP contribution in [0.5, 0.6) is 0 Å². The standard InChI is InChI=1S/C13H17BrO/c1-9(7-8-10(2)15)12-5-4-6-13(14)11(12)3/h4-6,9H,7-8H2,1-3H3. The second-order valence-electron chi connectivity index (χ2n) is 4.10. The Morgan fingerprint density at radius 3 is 2.73 bits per heavy atom. The van der Waals surface area contributed by atoms with Crippen LogP contribution in [0.3, 0.4) is 0 Å². The van der Waals surface area contributed by atoms with E-state index < -0.39 is 0 Å². The maximum absolute atomic E-state index is 10.9. The molecule has 0 fully saturated rings. The highest BCUT2D eigenvalue weighted by Gasteiger charge is 2.10. The van der Waals surface area contributed by atoms with Crippen molar-refractivity contribution in [2.75, 3.05) is 0 Å². The number of ketones is 1. The Morgan fingerprint density at radius 2 is 2.13 bits per heavy atom. The molecule has 1 atom stereocenters. The van der Waals surface area contributed by atoms with Crippen molar-refractivity contribution < 1.29 is 4.79 Å². The minimum absolute atomic E-state index is 0.273. The highest BCUT2D eigenvalue weighted by atomic mass is 79.9. The van der Waals surface area contributed by atoms with E-state index in [0.29, 0.717) is 12.3 Å². The molecule has 1 aromatic rings. The van der Waals surface area contributed by atoms with Crippen LogP contribution >= 0.6 is 15.9 Å². The molecule has 1 rings (SSSR count). The van der Waals surface area contributed by atoms with Crippen molar-refractivity contribution in [2.45, 2.75) is 39.5 Å². The molecule has 82 valence electrons. The van der Waals surface area contributed by atoms with Gasteiger partial charge in [0.2, 0.25) is 0 Å². The van der Waals surface area contributed by atoms with Gasteiger partial charge in [-0.15, -0.1) is 0 Å². The summed E-state index contributed by atoms with van der Waals surface area (Å²) in [7, 11) is 0. The topological polar surface area (TPSA) is 17.1 Å². The lowest BCUT2D eigenvalue weighted by Crippen LogP contribution is -2.00. The molecule has 0 aliphatic carbocycles. The van der Waals surface area contributed by atoms with E-state index in [2.05, 4.69) is 48.0 Å². The molecule has 0 amide bonds. The van der Waals surface area contributed by atoms with Gasteiger partial charge in [0.15, 0.2) is 0 Å². The minimum atomic E-state index is 0.273. The van der Waals surface area contributed by atoms with Crippen molar-refractivity contribution in [3.05, 3.63) is 33.8 Å². The highest BCUT2D eigenvalue weighted by Crippen LogP contribution is 2.28. The van der Waals surface area contributed by atoms with Gasteiger partial charge in [-0.05, 0) is 43.4 Å². The Kier molecular flexibility index (Phi) is 4.52. The van der Waals surface area contributed by atoms with Crippen molar-refractivity contribution in [3.63, 3.8) is 0 Å². The van der Waals surface area contributed by atoms with Crippen LogP contribution in [0.25, 0.3) is 0 Å². The van der Waals surface area contributed by atoms with E-state index in [1.54, 1.807) is 6.92 Å². The first-order chi connectivity index (χ1) is 7.02. The molecule has 0 N–H and O–H groups in total. The fourth-order valence-electron chi connectivity index (χ4n) is 1.73. The average molecular weight is 269 g/mol. The summed E-state index contributed by atoms with van der Waals surface area (Å²) in [5.74, 6) is 0.723. The number of hydrogen-bond acceptors (Lipinski definition) is 1. The van der Waals surface area contributed by atoms with Gasteiger partial charge in [0, 0.05) is 10.9 Å². The summed E-state index contributed by atoms with van der Waals surface area (Å²) >= 11 is 3.53. The van der Waals surface area contributed by atoms with Crippen LogP contribution in [0.4, 0.5) is 0 Å². The van der Waals surface area contributed by atoms with Crippen molar-refractivity contribution in [1.29, 1.82) is 0 Å². The maximum Gasteiger partial charge on any atom is 0.129 e. The molecule has 0 radical (unpaired) electrons. The third-order valence-corrected chi connectivity index (χ3v) is 3.63. The molecule has 0 spiro atoms. The second kappa shape index (κ2) is 5.45. The van der Waals surface area contributed by atoms with Crippen molar-refractivity contribution in [1.82, 2.24) is 0 Å². The van der Waals surface area contributed by atoms with E-state index in [4.69, 9.17) is 0 Å². The third-order valence-electron chi connectivity index (χ3n) is 2.77. The quantitative estimate of drug-likeness (QED) is 0.799. The van der Waals surface area contributed by atoms with Gasteiger partial charge < -0.3 is 4.79 Å². The molecule has 1 aromatic carbocycles. The number of carbonyl (C=O) groups excluding carboxylic acids is 1. The van der Waals surface area contributed by atoms with Crippen LogP contribution < -0.4 is 0 Å². The first-order valence-electron chi connectivity index (χ1n) is 5.26. The second-order valence-corrected chi connectivity index (χ2v) is 4.95. The smallest absolute Gasteiger partial charge is 0.129 e. The maximum atomic E-state index is 10.9. The molecule has 0 aliphatic rings. The van der Waals surface area contributed by atoms with Gasteiger partial charge in [-0.1, -0.05) is 35.0 Å². The van der Waals surface area contributed by atoms with Gasteiger partial charge in [-0.25, -0.2) is 0 Å². The fraction of sp³-hybridized carbons (Fsp3) is 0.462. The van der Waals surface area contributed by atoms with Crippen molar-refractivity contribution in [3.8, 4) is 0 Å². The summed E-state index contributed by atoms with van der Waals surface area (Å²) in [6.45, 7) is 5.95. The largest absolute Gasteiger partial charge is 0.300 e. The van der Waals surface area contributed by atoms with Gasteiger partial charge in [-0.2, -0.15) is 0 Å². The van der Waals surface area contributed by atoms with Crippen LogP contribution in [-0.2, 0) is 4.79 Å². The van der Waals surface area contributed by atoms with Crippen LogP contribution in [0.2, 0.25) is 0 Å². The summed E-state index contributed by atoms with van der Waals surface area (Å²) < 4.78 is 1.15. The minimum Gasteiger partial charge on any atom is -0.300 e. The van der Waals surface area contributed by atoms with Crippen LogP contribution in [0, 0.1) is 6.92 Å². The van der Waals surface area contributed by atoms with E-state index >= 15 is 0 Å². The fourth-order valence-corrected chi connectivity index (χ4v) is 2.11. The summed E-state index contributed by atoms with van der Waals surface area (Å²) in [5, 5.41) is 0. The first kappa shape index (κ1) is 12.4. The predicted octanol–water partition coefficient (Wildman–Crippen LogP) is 4.23. The highest BCUT2D eigenvalue weighted by molar-refractivity contribution is 9.10. The number of halogens is 1. The Hall–Kier alpha value is -0.630. The normalized spacial score (nSPS) is 12.5. The molecule has 1 nitrogen and oxygen atoms in total. The molecule has 15 heavy (non-hydrogen) atoms. The van der Waals surface area contributed by atoms with Crippen molar-refractivity contribution >= 4 is 21.7 Å². The lowest BCUT2D eigenvalue weighted by Gasteiger charge is -2.14. The number of hydrogen-bond donors (Lipinski definition) is 0. The molecule has 0 aromatic heterocycles. The number of carbonyl (C=O) groups is 1. The van der Waals surface area contributed by atoms with Gasteiger partial charge >= 0.3 is 0 Å². The van der Waals surface area contributed by atoms with E-state index in [1.165, 1.54) is 11.1 Å². The van der Waals surface area contributed by atoms with Crippen LogP contribution in [0.1, 0.15) is 43.7 Å². The van der Waals surface area contributed by atoms with E-state index in [0.717, 1.165) is 10.9 Å². The van der Waals surface area contributed by atoms with Crippen LogP contribution in [0.15, 0.2) is 22.7 Å². The average Bonchev–Trinajstić information content (AvgIpc) is 2.18. The monoisotopic (exact) mass is 268 g/mol. The molecular formula is C13H17BrO. The molecule has 1 unspecified atom stereocenters. The molecule has 0 saturated carbocycles. The Morgan fingerprint density at radius 1 is 1.47 bits per heavy atom. The summed E-state index contributed by atoms with van der Waals surface area (Å²) in [6, 6.07) is 6.25. The predicted molar refractivity (Wildman–Crippen MR) is 67.2 cm³/mol. The summed E-state index contributed by atoms with van der Waals surface area (Å²) in [6.07, 6.45) is 1.61. The number of benzene rings is 1. The zero-order valence-electron chi connectivity index (χ0n) is 9.51. The third kappa shape index (κ3) is 3.45. The Balaban J connectivity index is 2.77. The van der Waals surface area contributed by atoms with E-state index in [1.807, 2.05) is 0 Å². The molecule has 0 heterocycles. The van der Waals surface area contributed by atoms with Gasteiger partial charge in [0.05, 0.1) is 0 Å². The van der Waals surface area contributed by atoms with E-state index in [9.17, 15) is 4.79 Å². The zero-order chi connectivity index (χ0) is 11.4. The molecular weight excluding hydrogens is 252 g/mol. The zero-order valence-corrected chi connectivity index (χ0v) is 11.1. The molecule has 0 saturated heterocycles. The summed E-state index contributed by atoms with van der Waals surface area (Å²) in [4.78, 5) is 10.9. The lowest BCUT2D eigenvalue weighted by molar-refractivity contribution is -0.117. The Labute approximate surface area is 100 Å². The van der Waals surface area contributed by atoms with Crippen LogP contribution in [-0.4, -0.2) is 5.78 Å². The van der Waals surface area contributed by atoms with E-state index in [-0.39, 0.29) is 5.78 Å². The number of rotatable bonds is 4. The molecule has 2 heteroatoms. The molecule has 0 aliphatic heterocycles. The summed E-state index contributed by atoms with van der Waals surface area (Å²) in [5.41, 5.74) is 2.62. The lowest BCUT2D eigenvalue weighted by atomic mass is 9.92. The van der Waals surface area contributed by atoms with Gasteiger partial charge in [0.1, 0.15) is 5.78 Å². The first-order valence-corrected chi connectivity index (χ1v) is 6.06. The SMILES string of the molecule is CC(=O)CCC(C)c1cccc(Br)c1C. The van der Waals surface area contributed by atoms with Crippen molar-refractivity contribution in [2.24, 2.45) is 0 Å². The Bertz CT molecular complexity index is 358. The molecule has 0 bridgehead atoms. The van der Waals surface area contributed by atoms with Gasteiger partial charge in [-0.3, -0.25) is 0 Å².